The normalized spacial score (nSPS) is 12.6. The fourth-order valence-corrected chi connectivity index (χ4v) is 3.97. The van der Waals surface area contributed by atoms with Gasteiger partial charge in [-0.2, -0.15) is 0 Å². The van der Waals surface area contributed by atoms with Gasteiger partial charge in [-0.3, -0.25) is 0 Å². The van der Waals surface area contributed by atoms with Gasteiger partial charge < -0.3 is 5.32 Å². The Kier molecular flexibility index (Phi) is 6.12. The number of aryl methyl sites for hydroxylation is 2. The lowest BCUT2D eigenvalue weighted by molar-refractivity contribution is 0.536. The van der Waals surface area contributed by atoms with Gasteiger partial charge in [0.15, 0.2) is 0 Å². The molecule has 1 unspecified atom stereocenters. The Bertz CT molecular complexity index is 567. The van der Waals surface area contributed by atoms with Crippen LogP contribution in [0.4, 0.5) is 0 Å². The third-order valence-electron chi connectivity index (χ3n) is 3.64. The Labute approximate surface area is 141 Å². The predicted octanol–water partition coefficient (Wildman–Crippen LogP) is 5.96. The Morgan fingerprint density at radius 1 is 1.19 bits per heavy atom. The molecule has 1 atom stereocenters. The van der Waals surface area contributed by atoms with Crippen LogP contribution >= 0.6 is 34.5 Å². The summed E-state index contributed by atoms with van der Waals surface area (Å²) in [7, 11) is 0. The van der Waals surface area contributed by atoms with E-state index in [-0.39, 0.29) is 6.04 Å². The molecule has 0 bridgehead atoms. The number of rotatable bonds is 6. The van der Waals surface area contributed by atoms with Crippen LogP contribution in [0.25, 0.3) is 0 Å². The average molecular weight is 342 g/mol. The maximum Gasteiger partial charge on any atom is 0.0456 e. The largest absolute Gasteiger partial charge is 0.309 e. The van der Waals surface area contributed by atoms with Gasteiger partial charge in [0.25, 0.3) is 0 Å². The van der Waals surface area contributed by atoms with E-state index < -0.39 is 0 Å². The van der Waals surface area contributed by atoms with Crippen LogP contribution < -0.4 is 5.32 Å². The molecule has 1 nitrogen and oxygen atoms in total. The van der Waals surface area contributed by atoms with Gasteiger partial charge in [-0.15, -0.1) is 11.3 Å². The Balaban J connectivity index is 2.28. The standard InChI is InChI=1S/C17H21Cl2NS/c1-4-8-20-16(17-9-11(2)12(3)21-17)10-13-14(18)6-5-7-15(13)19/h5-7,9,16,20H,4,8,10H2,1-3H3. The van der Waals surface area contributed by atoms with Gasteiger partial charge in [0.05, 0.1) is 0 Å². The molecule has 0 aliphatic rings. The lowest BCUT2D eigenvalue weighted by Gasteiger charge is -2.19. The molecule has 1 N–H and O–H groups in total. The Morgan fingerprint density at radius 2 is 1.86 bits per heavy atom. The molecule has 21 heavy (non-hydrogen) atoms. The van der Waals surface area contributed by atoms with Gasteiger partial charge in [0.2, 0.25) is 0 Å². The zero-order valence-corrected chi connectivity index (χ0v) is 15.0. The third-order valence-corrected chi connectivity index (χ3v) is 5.61. The van der Waals surface area contributed by atoms with Gasteiger partial charge >= 0.3 is 0 Å². The molecule has 114 valence electrons. The van der Waals surface area contributed by atoms with E-state index >= 15 is 0 Å². The highest BCUT2D eigenvalue weighted by atomic mass is 35.5. The molecule has 2 rings (SSSR count). The van der Waals surface area contributed by atoms with Crippen LogP contribution in [-0.2, 0) is 6.42 Å². The summed E-state index contributed by atoms with van der Waals surface area (Å²) >= 11 is 14.5. The number of halogens is 2. The lowest BCUT2D eigenvalue weighted by atomic mass is 10.0. The predicted molar refractivity (Wildman–Crippen MR) is 95.0 cm³/mol. The fourth-order valence-electron chi connectivity index (χ4n) is 2.30. The summed E-state index contributed by atoms with van der Waals surface area (Å²) < 4.78 is 0. The van der Waals surface area contributed by atoms with Crippen LogP contribution in [0, 0.1) is 13.8 Å². The maximum atomic E-state index is 6.32. The highest BCUT2D eigenvalue weighted by molar-refractivity contribution is 7.12. The number of hydrogen-bond acceptors (Lipinski definition) is 2. The van der Waals surface area contributed by atoms with Crippen LogP contribution in [0.1, 0.15) is 40.3 Å². The summed E-state index contributed by atoms with van der Waals surface area (Å²) in [4.78, 5) is 2.73. The van der Waals surface area contributed by atoms with Crippen molar-refractivity contribution in [1.82, 2.24) is 5.32 Å². The topological polar surface area (TPSA) is 12.0 Å². The molecule has 0 saturated heterocycles. The second-order valence-corrected chi connectivity index (χ2v) is 7.40. The second kappa shape index (κ2) is 7.64. The van der Waals surface area contributed by atoms with Crippen molar-refractivity contribution in [2.75, 3.05) is 6.54 Å². The van der Waals surface area contributed by atoms with Gasteiger partial charge in [-0.05, 0) is 62.6 Å². The molecular weight excluding hydrogens is 321 g/mol. The molecule has 2 aromatic rings. The minimum Gasteiger partial charge on any atom is -0.309 e. The Hall–Kier alpha value is -0.540. The fraction of sp³-hybridized carbons (Fsp3) is 0.412. The van der Waals surface area contributed by atoms with Crippen molar-refractivity contribution in [2.24, 2.45) is 0 Å². The van der Waals surface area contributed by atoms with Gasteiger partial charge in [0, 0.05) is 25.8 Å². The van der Waals surface area contributed by atoms with E-state index in [1.165, 1.54) is 15.3 Å². The summed E-state index contributed by atoms with van der Waals surface area (Å²) in [6.45, 7) is 7.50. The third kappa shape index (κ3) is 4.23. The first-order valence-electron chi connectivity index (χ1n) is 7.26. The summed E-state index contributed by atoms with van der Waals surface area (Å²) in [5, 5.41) is 5.11. The smallest absolute Gasteiger partial charge is 0.0456 e. The number of nitrogens with one attached hydrogen (secondary N) is 1. The van der Waals surface area contributed by atoms with Crippen molar-refractivity contribution in [3.63, 3.8) is 0 Å². The molecule has 4 heteroatoms. The molecule has 1 aromatic carbocycles. The van der Waals surface area contributed by atoms with E-state index in [1.807, 2.05) is 29.5 Å². The monoisotopic (exact) mass is 341 g/mol. The molecular formula is C17H21Cl2NS. The van der Waals surface area contributed by atoms with E-state index in [0.717, 1.165) is 35.0 Å². The zero-order chi connectivity index (χ0) is 15.4. The van der Waals surface area contributed by atoms with Crippen LogP contribution in [0.15, 0.2) is 24.3 Å². The molecule has 0 aliphatic heterocycles. The minimum atomic E-state index is 0.264. The van der Waals surface area contributed by atoms with Crippen molar-refractivity contribution in [3.8, 4) is 0 Å². The second-order valence-electron chi connectivity index (χ2n) is 5.30. The molecule has 0 saturated carbocycles. The van der Waals surface area contributed by atoms with Gasteiger partial charge in [0.1, 0.15) is 0 Å². The summed E-state index contributed by atoms with van der Waals surface area (Å²) in [6.07, 6.45) is 1.92. The number of thiophene rings is 1. The molecule has 1 aromatic heterocycles. The van der Waals surface area contributed by atoms with E-state index in [9.17, 15) is 0 Å². The van der Waals surface area contributed by atoms with Crippen molar-refractivity contribution in [2.45, 2.75) is 39.7 Å². The SMILES string of the molecule is CCCNC(Cc1c(Cl)cccc1Cl)c1cc(C)c(C)s1. The quantitative estimate of drug-likeness (QED) is 0.683. The maximum absolute atomic E-state index is 6.32. The van der Waals surface area contributed by atoms with Crippen LogP contribution in [0.3, 0.4) is 0 Å². The van der Waals surface area contributed by atoms with Crippen LogP contribution in [-0.4, -0.2) is 6.54 Å². The van der Waals surface area contributed by atoms with Crippen molar-refractivity contribution < 1.29 is 0 Å². The van der Waals surface area contributed by atoms with Crippen molar-refractivity contribution in [3.05, 3.63) is 55.2 Å². The highest BCUT2D eigenvalue weighted by Gasteiger charge is 2.18. The minimum absolute atomic E-state index is 0.264. The van der Waals surface area contributed by atoms with Crippen LogP contribution in [0.5, 0.6) is 0 Å². The summed E-state index contributed by atoms with van der Waals surface area (Å²) in [5.74, 6) is 0. The molecule has 0 aliphatic carbocycles. The Morgan fingerprint density at radius 3 is 2.38 bits per heavy atom. The number of hydrogen-bond donors (Lipinski definition) is 1. The first kappa shape index (κ1) is 16.8. The molecule has 0 radical (unpaired) electrons. The zero-order valence-electron chi connectivity index (χ0n) is 12.7. The summed E-state index contributed by atoms with van der Waals surface area (Å²) in [6, 6.07) is 8.25. The van der Waals surface area contributed by atoms with E-state index in [2.05, 4.69) is 32.2 Å². The molecule has 0 fully saturated rings. The van der Waals surface area contributed by atoms with Gasteiger partial charge in [-0.1, -0.05) is 36.2 Å². The highest BCUT2D eigenvalue weighted by Crippen LogP contribution is 2.33. The molecule has 0 spiro atoms. The molecule has 0 amide bonds. The first-order chi connectivity index (χ1) is 10.0. The molecule has 1 heterocycles. The lowest BCUT2D eigenvalue weighted by Crippen LogP contribution is -2.23. The van der Waals surface area contributed by atoms with Gasteiger partial charge in [-0.25, -0.2) is 0 Å². The van der Waals surface area contributed by atoms with Crippen molar-refractivity contribution in [1.29, 1.82) is 0 Å². The van der Waals surface area contributed by atoms with E-state index in [1.54, 1.807) is 0 Å². The first-order valence-corrected chi connectivity index (χ1v) is 8.83. The van der Waals surface area contributed by atoms with Crippen LogP contribution in [0.2, 0.25) is 10.0 Å². The van der Waals surface area contributed by atoms with Crippen molar-refractivity contribution >= 4 is 34.5 Å². The van der Waals surface area contributed by atoms with E-state index in [4.69, 9.17) is 23.2 Å². The average Bonchev–Trinajstić information content (AvgIpc) is 2.77. The summed E-state index contributed by atoms with van der Waals surface area (Å²) in [5.41, 5.74) is 2.38. The van der Waals surface area contributed by atoms with E-state index in [0.29, 0.717) is 0 Å². The number of benzene rings is 1.